The zero-order chi connectivity index (χ0) is 12.6. The molecule has 2 aromatic heterocycles. The third kappa shape index (κ3) is 2.35. The summed E-state index contributed by atoms with van der Waals surface area (Å²) in [6, 6.07) is 6.48. The minimum absolute atomic E-state index is 0.0470. The second-order valence-corrected chi connectivity index (χ2v) is 7.01. The highest BCUT2D eigenvalue weighted by atomic mass is 32.1. The number of amides is 1. The highest BCUT2D eigenvalue weighted by Crippen LogP contribution is 2.32. The summed E-state index contributed by atoms with van der Waals surface area (Å²) in [5.41, 5.74) is 1.26. The Morgan fingerprint density at radius 3 is 3.00 bits per heavy atom. The van der Waals surface area contributed by atoms with E-state index in [1.54, 1.807) is 22.7 Å². The van der Waals surface area contributed by atoms with Crippen molar-refractivity contribution in [2.24, 2.45) is 0 Å². The van der Waals surface area contributed by atoms with Crippen LogP contribution < -0.4 is 5.32 Å². The van der Waals surface area contributed by atoms with Crippen LogP contribution in [0.5, 0.6) is 0 Å². The second-order valence-electron chi connectivity index (χ2n) is 5.06. The predicted octanol–water partition coefficient (Wildman–Crippen LogP) is 3.69. The SMILES string of the molecule is CC1(Cc2cc(-c3cccs3)cs2)CCC(=O)N1. The van der Waals surface area contributed by atoms with Crippen molar-refractivity contribution in [2.45, 2.75) is 31.7 Å². The molecule has 94 valence electrons. The van der Waals surface area contributed by atoms with Crippen LogP contribution in [0.2, 0.25) is 0 Å². The van der Waals surface area contributed by atoms with E-state index in [9.17, 15) is 4.79 Å². The van der Waals surface area contributed by atoms with Crippen molar-refractivity contribution in [2.75, 3.05) is 0 Å². The maximum atomic E-state index is 11.3. The van der Waals surface area contributed by atoms with Crippen molar-refractivity contribution in [3.05, 3.63) is 33.8 Å². The van der Waals surface area contributed by atoms with Gasteiger partial charge in [0.2, 0.25) is 5.91 Å². The van der Waals surface area contributed by atoms with Crippen molar-refractivity contribution < 1.29 is 4.79 Å². The fraction of sp³-hybridized carbons (Fsp3) is 0.357. The van der Waals surface area contributed by atoms with Crippen LogP contribution in [0.25, 0.3) is 10.4 Å². The summed E-state index contributed by atoms with van der Waals surface area (Å²) in [5, 5.41) is 7.41. The molecule has 3 heterocycles. The lowest BCUT2D eigenvalue weighted by atomic mass is 9.95. The standard InChI is InChI=1S/C14H15NOS2/c1-14(5-4-13(16)15-14)8-11-7-10(9-18-11)12-3-2-6-17-12/h2-3,6-7,9H,4-5,8H2,1H3,(H,15,16). The third-order valence-corrected chi connectivity index (χ3v) is 5.22. The van der Waals surface area contributed by atoms with Gasteiger partial charge in [0, 0.05) is 33.7 Å². The van der Waals surface area contributed by atoms with Crippen LogP contribution in [0.4, 0.5) is 0 Å². The second kappa shape index (κ2) is 4.52. The van der Waals surface area contributed by atoms with Gasteiger partial charge in [-0.3, -0.25) is 4.79 Å². The van der Waals surface area contributed by atoms with Gasteiger partial charge in [0.05, 0.1) is 0 Å². The van der Waals surface area contributed by atoms with E-state index in [1.165, 1.54) is 15.3 Å². The Morgan fingerprint density at radius 1 is 1.44 bits per heavy atom. The highest BCUT2D eigenvalue weighted by molar-refractivity contribution is 7.14. The van der Waals surface area contributed by atoms with Gasteiger partial charge in [0.25, 0.3) is 0 Å². The number of hydrogen-bond acceptors (Lipinski definition) is 3. The van der Waals surface area contributed by atoms with E-state index in [4.69, 9.17) is 0 Å². The molecule has 0 aromatic carbocycles. The van der Waals surface area contributed by atoms with Gasteiger partial charge in [0.1, 0.15) is 0 Å². The first-order valence-electron chi connectivity index (χ1n) is 6.07. The zero-order valence-corrected chi connectivity index (χ0v) is 11.9. The quantitative estimate of drug-likeness (QED) is 0.911. The number of rotatable bonds is 3. The molecule has 3 rings (SSSR count). The van der Waals surface area contributed by atoms with Gasteiger partial charge in [-0.05, 0) is 36.2 Å². The van der Waals surface area contributed by atoms with Crippen molar-refractivity contribution in [3.63, 3.8) is 0 Å². The van der Waals surface area contributed by atoms with Crippen molar-refractivity contribution in [1.82, 2.24) is 5.32 Å². The molecule has 0 radical (unpaired) electrons. The molecule has 1 fully saturated rings. The monoisotopic (exact) mass is 277 g/mol. The van der Waals surface area contributed by atoms with E-state index in [-0.39, 0.29) is 11.4 Å². The Kier molecular flexibility index (Phi) is 2.99. The molecule has 18 heavy (non-hydrogen) atoms. The highest BCUT2D eigenvalue weighted by Gasteiger charge is 2.33. The first kappa shape index (κ1) is 11.9. The third-order valence-electron chi connectivity index (χ3n) is 3.37. The van der Waals surface area contributed by atoms with Gasteiger partial charge in [0.15, 0.2) is 0 Å². The van der Waals surface area contributed by atoms with Gasteiger partial charge in [-0.2, -0.15) is 0 Å². The fourth-order valence-electron chi connectivity index (χ4n) is 2.41. The molecule has 0 bridgehead atoms. The van der Waals surface area contributed by atoms with Crippen LogP contribution in [-0.2, 0) is 11.2 Å². The number of hydrogen-bond donors (Lipinski definition) is 1. The molecule has 4 heteroatoms. The van der Waals surface area contributed by atoms with Crippen LogP contribution in [0.3, 0.4) is 0 Å². The van der Waals surface area contributed by atoms with Crippen LogP contribution >= 0.6 is 22.7 Å². The molecule has 0 saturated carbocycles. The Balaban J connectivity index is 1.76. The number of nitrogens with one attached hydrogen (secondary N) is 1. The van der Waals surface area contributed by atoms with E-state index in [2.05, 4.69) is 41.2 Å². The topological polar surface area (TPSA) is 29.1 Å². The lowest BCUT2D eigenvalue weighted by molar-refractivity contribution is -0.119. The average Bonchev–Trinajstić information content (AvgIpc) is 2.99. The summed E-state index contributed by atoms with van der Waals surface area (Å²) in [7, 11) is 0. The molecule has 1 atom stereocenters. The summed E-state index contributed by atoms with van der Waals surface area (Å²) in [4.78, 5) is 14.0. The molecule has 1 amide bonds. The molecule has 1 unspecified atom stereocenters. The van der Waals surface area contributed by atoms with Gasteiger partial charge >= 0.3 is 0 Å². The molecule has 1 aliphatic rings. The van der Waals surface area contributed by atoms with E-state index >= 15 is 0 Å². The minimum atomic E-state index is -0.0470. The largest absolute Gasteiger partial charge is 0.351 e. The van der Waals surface area contributed by atoms with Crippen LogP contribution in [-0.4, -0.2) is 11.4 Å². The molecule has 1 aliphatic heterocycles. The van der Waals surface area contributed by atoms with Gasteiger partial charge in [-0.25, -0.2) is 0 Å². The molecule has 2 nitrogen and oxygen atoms in total. The zero-order valence-electron chi connectivity index (χ0n) is 10.2. The van der Waals surface area contributed by atoms with E-state index in [0.29, 0.717) is 6.42 Å². The van der Waals surface area contributed by atoms with Crippen LogP contribution in [0.15, 0.2) is 29.0 Å². The predicted molar refractivity (Wildman–Crippen MR) is 77.1 cm³/mol. The van der Waals surface area contributed by atoms with Crippen molar-refractivity contribution >= 4 is 28.6 Å². The Labute approximate surface area is 115 Å². The molecule has 0 aliphatic carbocycles. The van der Waals surface area contributed by atoms with E-state index < -0.39 is 0 Å². The van der Waals surface area contributed by atoms with Crippen LogP contribution in [0.1, 0.15) is 24.6 Å². The molecule has 1 saturated heterocycles. The van der Waals surface area contributed by atoms with Gasteiger partial charge in [-0.1, -0.05) is 6.07 Å². The summed E-state index contributed by atoms with van der Waals surface area (Å²) in [6.07, 6.45) is 2.55. The normalized spacial score (nSPS) is 23.3. The summed E-state index contributed by atoms with van der Waals surface area (Å²) < 4.78 is 0. The molecule has 0 spiro atoms. The first-order valence-corrected chi connectivity index (χ1v) is 7.83. The maximum absolute atomic E-state index is 11.3. The lowest BCUT2D eigenvalue weighted by Crippen LogP contribution is -2.40. The smallest absolute Gasteiger partial charge is 0.220 e. The van der Waals surface area contributed by atoms with Crippen molar-refractivity contribution in [1.29, 1.82) is 0 Å². The van der Waals surface area contributed by atoms with Gasteiger partial charge in [-0.15, -0.1) is 22.7 Å². The molecular weight excluding hydrogens is 262 g/mol. The molecule has 1 N–H and O–H groups in total. The molecular formula is C14H15NOS2. The Hall–Kier alpha value is -1.13. The van der Waals surface area contributed by atoms with Gasteiger partial charge < -0.3 is 5.32 Å². The van der Waals surface area contributed by atoms with E-state index in [1.807, 2.05) is 0 Å². The Bertz CT molecular complexity index is 558. The maximum Gasteiger partial charge on any atom is 0.220 e. The number of carbonyl (C=O) groups excluding carboxylic acids is 1. The first-order chi connectivity index (χ1) is 8.65. The van der Waals surface area contributed by atoms with E-state index in [0.717, 1.165) is 12.8 Å². The summed E-state index contributed by atoms with van der Waals surface area (Å²) in [6.45, 7) is 2.14. The minimum Gasteiger partial charge on any atom is -0.351 e. The fourth-order valence-corrected chi connectivity index (χ4v) is 4.27. The summed E-state index contributed by atoms with van der Waals surface area (Å²) >= 11 is 3.56. The lowest BCUT2D eigenvalue weighted by Gasteiger charge is -2.22. The summed E-state index contributed by atoms with van der Waals surface area (Å²) in [5.74, 6) is 0.188. The van der Waals surface area contributed by atoms with Crippen molar-refractivity contribution in [3.8, 4) is 10.4 Å². The molecule has 2 aromatic rings. The number of carbonyl (C=O) groups is 1. The average molecular weight is 277 g/mol. The number of thiophene rings is 2. The van der Waals surface area contributed by atoms with Crippen LogP contribution in [0, 0.1) is 0 Å². The Morgan fingerprint density at radius 2 is 2.33 bits per heavy atom.